The van der Waals surface area contributed by atoms with Crippen LogP contribution in [-0.4, -0.2) is 44.9 Å². The number of rotatable bonds is 2. The summed E-state index contributed by atoms with van der Waals surface area (Å²) in [5, 5.41) is 8.77. The first-order valence-electron chi connectivity index (χ1n) is 4.29. The number of aliphatic carboxylic acids is 1. The van der Waals surface area contributed by atoms with Crippen LogP contribution in [0.15, 0.2) is 11.3 Å². The number of carboxylic acid groups (broad SMARTS) is 1. The molecule has 2 atom stereocenters. The molecule has 1 amide bonds. The number of halogens is 2. The molecule has 0 aliphatic carbocycles. The molecule has 3 N–H and O–H groups in total. The molecule has 2 aliphatic rings. The lowest BCUT2D eigenvalue weighted by atomic mass is 10.0. The lowest BCUT2D eigenvalue weighted by Crippen LogP contribution is -2.68. The Kier molecular flexibility index (Phi) is 4.12. The summed E-state index contributed by atoms with van der Waals surface area (Å²) < 4.78 is 0. The molecule has 1 fully saturated rings. The number of fused-ring (bicyclic) bond motifs is 1. The van der Waals surface area contributed by atoms with E-state index in [9.17, 15) is 9.59 Å². The molecule has 1 saturated heterocycles. The van der Waals surface area contributed by atoms with Gasteiger partial charge >= 0.3 is 5.97 Å². The van der Waals surface area contributed by atoms with Gasteiger partial charge in [-0.25, -0.2) is 4.79 Å². The number of carboxylic acids is 1. The second-order valence-electron chi connectivity index (χ2n) is 3.33. The van der Waals surface area contributed by atoms with Crippen LogP contribution in [0, 0.1) is 0 Å². The van der Waals surface area contributed by atoms with Crippen molar-refractivity contribution in [1.29, 1.82) is 0 Å². The molecular weight excluding hydrogens is 275 g/mol. The SMILES string of the molecule is Cl.NC1C(=O)N2C(C(=O)O)=C(CCl)CS[C@@H]12. The zero-order valence-electron chi connectivity index (χ0n) is 8.05. The van der Waals surface area contributed by atoms with E-state index in [1.54, 1.807) is 0 Å². The van der Waals surface area contributed by atoms with E-state index < -0.39 is 12.0 Å². The molecule has 0 bridgehead atoms. The van der Waals surface area contributed by atoms with Crippen molar-refractivity contribution in [2.24, 2.45) is 5.73 Å². The van der Waals surface area contributed by atoms with Gasteiger partial charge in [-0.3, -0.25) is 9.69 Å². The van der Waals surface area contributed by atoms with Gasteiger partial charge in [0, 0.05) is 11.6 Å². The topological polar surface area (TPSA) is 83.6 Å². The molecule has 5 nitrogen and oxygen atoms in total. The first kappa shape index (κ1) is 13.6. The highest BCUT2D eigenvalue weighted by atomic mass is 35.5. The minimum absolute atomic E-state index is 0. The maximum Gasteiger partial charge on any atom is 0.352 e. The van der Waals surface area contributed by atoms with Crippen LogP contribution in [-0.2, 0) is 9.59 Å². The second-order valence-corrected chi connectivity index (χ2v) is 4.70. The van der Waals surface area contributed by atoms with Crippen molar-refractivity contribution in [3.8, 4) is 0 Å². The summed E-state index contributed by atoms with van der Waals surface area (Å²) in [6.45, 7) is 0. The van der Waals surface area contributed by atoms with Crippen LogP contribution in [0.25, 0.3) is 0 Å². The average molecular weight is 285 g/mol. The molecule has 16 heavy (non-hydrogen) atoms. The summed E-state index contributed by atoms with van der Waals surface area (Å²) in [6.07, 6.45) is 0. The predicted molar refractivity (Wildman–Crippen MR) is 63.7 cm³/mol. The van der Waals surface area contributed by atoms with Crippen molar-refractivity contribution >= 4 is 47.6 Å². The predicted octanol–water partition coefficient (Wildman–Crippen LogP) is 0.228. The lowest BCUT2D eigenvalue weighted by Gasteiger charge is -2.47. The maximum atomic E-state index is 11.4. The van der Waals surface area contributed by atoms with Gasteiger partial charge in [0.05, 0.1) is 0 Å². The fraction of sp³-hybridized carbons (Fsp3) is 0.500. The van der Waals surface area contributed by atoms with E-state index in [0.717, 1.165) is 0 Å². The van der Waals surface area contributed by atoms with Gasteiger partial charge in [-0.05, 0) is 5.57 Å². The van der Waals surface area contributed by atoms with Crippen molar-refractivity contribution in [2.45, 2.75) is 11.4 Å². The molecule has 1 unspecified atom stereocenters. The number of carbonyl (C=O) groups is 2. The third-order valence-corrected chi connectivity index (χ3v) is 4.14. The second kappa shape index (κ2) is 4.83. The van der Waals surface area contributed by atoms with E-state index in [1.807, 2.05) is 0 Å². The van der Waals surface area contributed by atoms with E-state index >= 15 is 0 Å². The van der Waals surface area contributed by atoms with Crippen molar-refractivity contribution in [3.63, 3.8) is 0 Å². The normalized spacial score (nSPS) is 28.1. The summed E-state index contributed by atoms with van der Waals surface area (Å²) in [4.78, 5) is 23.7. The molecule has 0 radical (unpaired) electrons. The van der Waals surface area contributed by atoms with Gasteiger partial charge in [-0.2, -0.15) is 0 Å². The van der Waals surface area contributed by atoms with Crippen molar-refractivity contribution in [2.75, 3.05) is 11.6 Å². The Labute approximate surface area is 107 Å². The highest BCUT2D eigenvalue weighted by Crippen LogP contribution is 2.39. The Morgan fingerprint density at radius 3 is 2.81 bits per heavy atom. The van der Waals surface area contributed by atoms with Crippen molar-refractivity contribution in [3.05, 3.63) is 11.3 Å². The minimum atomic E-state index is -1.11. The Hall–Kier alpha value is -0.430. The number of alkyl halides is 1. The monoisotopic (exact) mass is 284 g/mol. The molecule has 2 rings (SSSR count). The molecule has 2 heterocycles. The smallest absolute Gasteiger partial charge is 0.352 e. The van der Waals surface area contributed by atoms with Crippen LogP contribution in [0.5, 0.6) is 0 Å². The molecule has 0 aromatic rings. The van der Waals surface area contributed by atoms with E-state index in [0.29, 0.717) is 11.3 Å². The standard InChI is InChI=1S/C8H9ClN2O3S.ClH/c9-1-3-2-15-7-4(10)6(12)11(7)5(3)8(13)14;/h4,7H,1-2,10H2,(H,13,14);1H/t4?,7-;/m0./s1. The number of carbonyl (C=O) groups excluding carboxylic acids is 1. The maximum absolute atomic E-state index is 11.4. The van der Waals surface area contributed by atoms with Crippen LogP contribution >= 0.6 is 35.8 Å². The van der Waals surface area contributed by atoms with Gasteiger partial charge in [0.1, 0.15) is 17.1 Å². The number of thioether (sulfide) groups is 1. The van der Waals surface area contributed by atoms with Gasteiger partial charge < -0.3 is 10.8 Å². The average Bonchev–Trinajstić information content (AvgIpc) is 2.25. The van der Waals surface area contributed by atoms with Gasteiger partial charge in [-0.15, -0.1) is 35.8 Å². The minimum Gasteiger partial charge on any atom is -0.477 e. The van der Waals surface area contributed by atoms with E-state index in [4.69, 9.17) is 22.4 Å². The van der Waals surface area contributed by atoms with Crippen molar-refractivity contribution < 1.29 is 14.7 Å². The van der Waals surface area contributed by atoms with Gasteiger partial charge in [0.2, 0.25) is 5.91 Å². The molecular formula is C8H10Cl2N2O3S. The molecule has 2 aliphatic heterocycles. The summed E-state index contributed by atoms with van der Waals surface area (Å²) in [7, 11) is 0. The number of nitrogens with two attached hydrogens (primary N) is 1. The Balaban J connectivity index is 0.00000128. The third-order valence-electron chi connectivity index (χ3n) is 2.45. The van der Waals surface area contributed by atoms with Gasteiger partial charge in [0.25, 0.3) is 0 Å². The van der Waals surface area contributed by atoms with Crippen LogP contribution in [0.2, 0.25) is 0 Å². The highest BCUT2D eigenvalue weighted by Gasteiger charge is 2.51. The van der Waals surface area contributed by atoms with E-state index in [1.165, 1.54) is 16.7 Å². The van der Waals surface area contributed by atoms with E-state index in [2.05, 4.69) is 0 Å². The zero-order valence-corrected chi connectivity index (χ0v) is 10.4. The molecule has 0 aromatic heterocycles. The summed E-state index contributed by atoms with van der Waals surface area (Å²) >= 11 is 7.09. The molecule has 0 saturated carbocycles. The first-order chi connectivity index (χ1) is 7.07. The number of amides is 1. The van der Waals surface area contributed by atoms with Crippen LogP contribution in [0.3, 0.4) is 0 Å². The quantitative estimate of drug-likeness (QED) is 0.560. The number of nitrogens with zero attached hydrogens (tertiary/aromatic N) is 1. The Morgan fingerprint density at radius 2 is 2.31 bits per heavy atom. The summed E-state index contributed by atoms with van der Waals surface area (Å²) in [5.41, 5.74) is 6.15. The fourth-order valence-electron chi connectivity index (χ4n) is 1.68. The van der Waals surface area contributed by atoms with Crippen LogP contribution in [0.1, 0.15) is 0 Å². The van der Waals surface area contributed by atoms with Crippen molar-refractivity contribution in [1.82, 2.24) is 4.90 Å². The lowest BCUT2D eigenvalue weighted by molar-refractivity contribution is -0.147. The Bertz CT molecular complexity index is 374. The number of hydrogen-bond donors (Lipinski definition) is 2. The molecule has 8 heteroatoms. The highest BCUT2D eigenvalue weighted by molar-refractivity contribution is 8.00. The molecule has 90 valence electrons. The zero-order chi connectivity index (χ0) is 11.2. The Morgan fingerprint density at radius 1 is 1.69 bits per heavy atom. The summed E-state index contributed by atoms with van der Waals surface area (Å²) in [5.74, 6) is -0.809. The van der Waals surface area contributed by atoms with Crippen LogP contribution in [0.4, 0.5) is 0 Å². The number of hydrogen-bond acceptors (Lipinski definition) is 4. The largest absolute Gasteiger partial charge is 0.477 e. The van der Waals surface area contributed by atoms with Gasteiger partial charge in [-0.1, -0.05) is 0 Å². The molecule has 0 aromatic carbocycles. The number of β-lactam (4-membered cyclic amide) rings is 1. The summed E-state index contributed by atoms with van der Waals surface area (Å²) in [6, 6.07) is -0.582. The third kappa shape index (κ3) is 1.79. The van der Waals surface area contributed by atoms with Gasteiger partial charge in [0.15, 0.2) is 0 Å². The first-order valence-corrected chi connectivity index (χ1v) is 5.87. The molecule has 0 spiro atoms. The fourth-order valence-corrected chi connectivity index (χ4v) is 3.31. The van der Waals surface area contributed by atoms with Crippen LogP contribution < -0.4 is 5.73 Å². The van der Waals surface area contributed by atoms with E-state index in [-0.39, 0.29) is 35.3 Å².